The summed E-state index contributed by atoms with van der Waals surface area (Å²) in [6.45, 7) is 7.27. The van der Waals surface area contributed by atoms with Crippen molar-refractivity contribution in [2.75, 3.05) is 0 Å². The van der Waals surface area contributed by atoms with Gasteiger partial charge in [0.1, 0.15) is 4.88 Å². The fraction of sp³-hybridized carbons (Fsp3) is 0.333. The molecule has 0 aliphatic rings. The van der Waals surface area contributed by atoms with Crippen molar-refractivity contribution >= 4 is 23.3 Å². The standard InChI is InChI=1S/C15H18N4O2S/c1-10-12(22-18-16-10)13(20)17-19(15(2,3)4)14(21)11-8-6-5-7-9-11/h5-9H,1-4H3,(H,17,20). The summed E-state index contributed by atoms with van der Waals surface area (Å²) >= 11 is 1.01. The number of carbonyl (C=O) groups excluding carboxylic acids is 2. The molecule has 116 valence electrons. The van der Waals surface area contributed by atoms with Gasteiger partial charge in [-0.3, -0.25) is 15.0 Å². The molecule has 1 aromatic carbocycles. The lowest BCUT2D eigenvalue weighted by Gasteiger charge is -2.35. The minimum atomic E-state index is -0.575. The van der Waals surface area contributed by atoms with Crippen molar-refractivity contribution in [1.82, 2.24) is 20.0 Å². The highest BCUT2D eigenvalue weighted by Gasteiger charge is 2.30. The van der Waals surface area contributed by atoms with Gasteiger partial charge in [0.15, 0.2) is 0 Å². The van der Waals surface area contributed by atoms with Gasteiger partial charge in [-0.05, 0) is 51.4 Å². The molecule has 0 atom stereocenters. The number of hydrogen-bond donors (Lipinski definition) is 1. The maximum Gasteiger partial charge on any atom is 0.283 e. The van der Waals surface area contributed by atoms with Crippen LogP contribution in [0.5, 0.6) is 0 Å². The largest absolute Gasteiger partial charge is 0.283 e. The van der Waals surface area contributed by atoms with Crippen LogP contribution in [0.4, 0.5) is 0 Å². The van der Waals surface area contributed by atoms with Gasteiger partial charge in [-0.2, -0.15) is 0 Å². The smallest absolute Gasteiger partial charge is 0.267 e. The molecule has 0 aliphatic carbocycles. The molecule has 2 aromatic rings. The van der Waals surface area contributed by atoms with Gasteiger partial charge in [0.2, 0.25) is 0 Å². The lowest BCUT2D eigenvalue weighted by atomic mass is 10.1. The summed E-state index contributed by atoms with van der Waals surface area (Å²) < 4.78 is 3.74. The average molecular weight is 318 g/mol. The van der Waals surface area contributed by atoms with Gasteiger partial charge in [-0.25, -0.2) is 5.01 Å². The van der Waals surface area contributed by atoms with Gasteiger partial charge in [-0.15, -0.1) is 5.10 Å². The predicted octanol–water partition coefficient (Wildman–Crippen LogP) is 2.43. The Hall–Kier alpha value is -2.28. The van der Waals surface area contributed by atoms with Crippen LogP contribution in [0.15, 0.2) is 30.3 Å². The molecule has 0 aliphatic heterocycles. The van der Waals surface area contributed by atoms with Crippen molar-refractivity contribution in [3.63, 3.8) is 0 Å². The van der Waals surface area contributed by atoms with Gasteiger partial charge in [0, 0.05) is 5.56 Å². The zero-order valence-electron chi connectivity index (χ0n) is 13.0. The number of nitrogens with one attached hydrogen (secondary N) is 1. The molecule has 6 nitrogen and oxygen atoms in total. The number of rotatable bonds is 2. The summed E-state index contributed by atoms with van der Waals surface area (Å²) in [5.41, 5.74) is 3.15. The number of hydrogen-bond acceptors (Lipinski definition) is 5. The molecule has 0 fully saturated rings. The quantitative estimate of drug-likeness (QED) is 0.863. The van der Waals surface area contributed by atoms with Crippen molar-refractivity contribution < 1.29 is 9.59 Å². The van der Waals surface area contributed by atoms with E-state index in [9.17, 15) is 9.59 Å². The van der Waals surface area contributed by atoms with Gasteiger partial charge in [0.05, 0.1) is 11.2 Å². The van der Waals surface area contributed by atoms with E-state index in [0.717, 1.165) is 11.5 Å². The van der Waals surface area contributed by atoms with Gasteiger partial charge in [0.25, 0.3) is 11.8 Å². The number of carbonyl (C=O) groups is 2. The molecule has 1 aromatic heterocycles. The van der Waals surface area contributed by atoms with E-state index < -0.39 is 5.54 Å². The lowest BCUT2D eigenvalue weighted by molar-refractivity contribution is 0.0360. The third kappa shape index (κ3) is 3.48. The molecule has 2 amide bonds. The zero-order valence-corrected chi connectivity index (χ0v) is 13.8. The maximum atomic E-state index is 12.7. The van der Waals surface area contributed by atoms with E-state index >= 15 is 0 Å². The summed E-state index contributed by atoms with van der Waals surface area (Å²) in [4.78, 5) is 25.4. The molecule has 0 unspecified atom stereocenters. The van der Waals surface area contributed by atoms with Crippen LogP contribution >= 0.6 is 11.5 Å². The van der Waals surface area contributed by atoms with E-state index in [-0.39, 0.29) is 11.8 Å². The fourth-order valence-electron chi connectivity index (χ4n) is 1.82. The minimum absolute atomic E-state index is 0.267. The SMILES string of the molecule is Cc1nnsc1C(=O)NN(C(=O)c1ccccc1)C(C)(C)C. The van der Waals surface area contributed by atoms with Crippen LogP contribution in [0.25, 0.3) is 0 Å². The normalized spacial score (nSPS) is 11.1. The first kappa shape index (κ1) is 16.1. The van der Waals surface area contributed by atoms with E-state index in [2.05, 4.69) is 15.0 Å². The third-order valence-corrected chi connectivity index (χ3v) is 3.79. The fourth-order valence-corrected chi connectivity index (χ4v) is 2.37. The third-order valence-electron chi connectivity index (χ3n) is 2.97. The van der Waals surface area contributed by atoms with E-state index in [4.69, 9.17) is 0 Å². The van der Waals surface area contributed by atoms with Crippen LogP contribution in [0, 0.1) is 6.92 Å². The topological polar surface area (TPSA) is 75.2 Å². The van der Waals surface area contributed by atoms with Crippen LogP contribution in [0.1, 0.15) is 46.5 Å². The average Bonchev–Trinajstić information content (AvgIpc) is 2.90. The summed E-state index contributed by atoms with van der Waals surface area (Å²) in [7, 11) is 0. The number of hydrazine groups is 1. The zero-order chi connectivity index (χ0) is 16.3. The molecule has 1 heterocycles. The minimum Gasteiger partial charge on any atom is -0.267 e. The highest BCUT2D eigenvalue weighted by Crippen LogP contribution is 2.17. The Morgan fingerprint density at radius 1 is 1.18 bits per heavy atom. The second-order valence-corrected chi connectivity index (χ2v) is 6.56. The molecule has 0 radical (unpaired) electrons. The van der Waals surface area contributed by atoms with Crippen molar-refractivity contribution in [2.45, 2.75) is 33.2 Å². The molecule has 0 bridgehead atoms. The Bertz CT molecular complexity index is 676. The summed E-state index contributed by atoms with van der Waals surface area (Å²) in [6, 6.07) is 8.84. The molecule has 0 saturated heterocycles. The highest BCUT2D eigenvalue weighted by molar-refractivity contribution is 7.07. The van der Waals surface area contributed by atoms with Crippen LogP contribution in [0.2, 0.25) is 0 Å². The molecule has 7 heteroatoms. The number of aromatic nitrogens is 2. The molecule has 0 saturated carbocycles. The van der Waals surface area contributed by atoms with E-state index in [1.807, 2.05) is 26.8 Å². The van der Waals surface area contributed by atoms with E-state index in [1.165, 1.54) is 5.01 Å². The Labute approximate surface area is 133 Å². The maximum absolute atomic E-state index is 12.7. The summed E-state index contributed by atoms with van der Waals surface area (Å²) in [5.74, 6) is -0.650. The Morgan fingerprint density at radius 2 is 1.82 bits per heavy atom. The molecule has 2 rings (SSSR count). The lowest BCUT2D eigenvalue weighted by Crippen LogP contribution is -2.55. The molecule has 1 N–H and O–H groups in total. The van der Waals surface area contributed by atoms with E-state index in [0.29, 0.717) is 16.1 Å². The van der Waals surface area contributed by atoms with Gasteiger partial charge < -0.3 is 0 Å². The van der Waals surface area contributed by atoms with Crippen LogP contribution in [0.3, 0.4) is 0 Å². The second-order valence-electron chi connectivity index (χ2n) is 5.81. The van der Waals surface area contributed by atoms with Crippen LogP contribution in [-0.2, 0) is 0 Å². The summed E-state index contributed by atoms with van der Waals surface area (Å²) in [5, 5.41) is 5.15. The molecule has 0 spiro atoms. The molecule has 22 heavy (non-hydrogen) atoms. The summed E-state index contributed by atoms with van der Waals surface area (Å²) in [6.07, 6.45) is 0. The number of benzene rings is 1. The first-order valence-electron chi connectivity index (χ1n) is 6.80. The van der Waals surface area contributed by atoms with Crippen molar-refractivity contribution in [3.05, 3.63) is 46.5 Å². The van der Waals surface area contributed by atoms with Crippen LogP contribution in [-0.4, -0.2) is 31.9 Å². The molecular weight excluding hydrogens is 300 g/mol. The van der Waals surface area contributed by atoms with E-state index in [1.54, 1.807) is 31.2 Å². The second kappa shape index (κ2) is 6.23. The Kier molecular flexibility index (Phi) is 4.56. The number of amides is 2. The van der Waals surface area contributed by atoms with Crippen LogP contribution < -0.4 is 5.43 Å². The first-order valence-corrected chi connectivity index (χ1v) is 7.57. The molecular formula is C15H18N4O2S. The van der Waals surface area contributed by atoms with Gasteiger partial charge >= 0.3 is 0 Å². The van der Waals surface area contributed by atoms with Gasteiger partial charge in [-0.1, -0.05) is 22.7 Å². The highest BCUT2D eigenvalue weighted by atomic mass is 32.1. The van der Waals surface area contributed by atoms with Crippen molar-refractivity contribution in [1.29, 1.82) is 0 Å². The Morgan fingerprint density at radius 3 is 2.32 bits per heavy atom. The number of nitrogens with zero attached hydrogens (tertiary/aromatic N) is 3. The number of aryl methyl sites for hydroxylation is 1. The first-order chi connectivity index (χ1) is 10.3. The monoisotopic (exact) mass is 318 g/mol. The van der Waals surface area contributed by atoms with Crippen molar-refractivity contribution in [2.24, 2.45) is 0 Å². The van der Waals surface area contributed by atoms with Crippen molar-refractivity contribution in [3.8, 4) is 0 Å². The predicted molar refractivity (Wildman–Crippen MR) is 84.5 cm³/mol. The Balaban J connectivity index is 2.27.